The van der Waals surface area contributed by atoms with Gasteiger partial charge in [-0.25, -0.2) is 4.98 Å². The zero-order valence-corrected chi connectivity index (χ0v) is 20.2. The van der Waals surface area contributed by atoms with E-state index in [9.17, 15) is 9.59 Å². The van der Waals surface area contributed by atoms with Gasteiger partial charge in [-0.05, 0) is 66.1 Å². The van der Waals surface area contributed by atoms with E-state index in [1.165, 1.54) is 0 Å². The van der Waals surface area contributed by atoms with E-state index in [1.54, 1.807) is 51.0 Å². The molecule has 0 saturated carbocycles. The van der Waals surface area contributed by atoms with Gasteiger partial charge >= 0.3 is 0 Å². The summed E-state index contributed by atoms with van der Waals surface area (Å²) in [6.45, 7) is 0.550. The Hall–Kier alpha value is -4.59. The van der Waals surface area contributed by atoms with Crippen molar-refractivity contribution in [2.45, 2.75) is 19.4 Å². The Morgan fingerprint density at radius 1 is 0.778 bits per heavy atom. The van der Waals surface area contributed by atoms with Gasteiger partial charge in [-0.1, -0.05) is 24.3 Å². The molecule has 184 valence electrons. The van der Waals surface area contributed by atoms with Crippen LogP contribution in [-0.2, 0) is 17.8 Å². The molecular weight excluding hydrogens is 456 g/mol. The predicted molar refractivity (Wildman–Crippen MR) is 139 cm³/mol. The fourth-order valence-corrected chi connectivity index (χ4v) is 3.61. The average Bonchev–Trinajstić information content (AvgIpc) is 3.38. The van der Waals surface area contributed by atoms with Crippen molar-refractivity contribution in [3.8, 4) is 11.5 Å². The summed E-state index contributed by atoms with van der Waals surface area (Å²) >= 11 is 0. The van der Waals surface area contributed by atoms with Gasteiger partial charge in [0.1, 0.15) is 17.2 Å². The third kappa shape index (κ3) is 6.73. The first-order valence-electron chi connectivity index (χ1n) is 11.5. The van der Waals surface area contributed by atoms with Crippen molar-refractivity contribution < 1.29 is 19.1 Å². The van der Waals surface area contributed by atoms with E-state index >= 15 is 0 Å². The maximum absolute atomic E-state index is 12.5. The molecule has 8 heteroatoms. The Morgan fingerprint density at radius 2 is 1.33 bits per heavy atom. The lowest BCUT2D eigenvalue weighted by Gasteiger charge is -2.08. The van der Waals surface area contributed by atoms with Crippen LogP contribution in [0.15, 0.2) is 85.3 Å². The number of anilines is 2. The number of rotatable bonds is 10. The molecule has 4 aromatic rings. The SMILES string of the molecule is COc1ccc(CCC(=O)Nc2ccc(Cn3cnc(C(=O)Nc4ccc(OC)cc4)c3)cc2)cc1. The molecule has 0 atom stereocenters. The van der Waals surface area contributed by atoms with Crippen LogP contribution in [0.1, 0.15) is 28.0 Å². The number of ether oxygens (including phenoxy) is 2. The topological polar surface area (TPSA) is 94.5 Å². The number of hydrogen-bond acceptors (Lipinski definition) is 5. The van der Waals surface area contributed by atoms with Gasteiger partial charge in [-0.15, -0.1) is 0 Å². The van der Waals surface area contributed by atoms with Crippen molar-refractivity contribution in [3.05, 3.63) is 102 Å². The normalized spacial score (nSPS) is 10.5. The summed E-state index contributed by atoms with van der Waals surface area (Å²) in [4.78, 5) is 29.0. The highest BCUT2D eigenvalue weighted by Crippen LogP contribution is 2.17. The lowest BCUT2D eigenvalue weighted by Crippen LogP contribution is -2.12. The minimum atomic E-state index is -0.286. The van der Waals surface area contributed by atoms with Crippen molar-refractivity contribution >= 4 is 23.2 Å². The monoisotopic (exact) mass is 484 g/mol. The number of methoxy groups -OCH3 is 2. The van der Waals surface area contributed by atoms with E-state index in [4.69, 9.17) is 9.47 Å². The Labute approximate surface area is 209 Å². The van der Waals surface area contributed by atoms with Crippen LogP contribution in [0.2, 0.25) is 0 Å². The summed E-state index contributed by atoms with van der Waals surface area (Å²) in [5.74, 6) is 1.19. The molecule has 0 unspecified atom stereocenters. The minimum absolute atomic E-state index is 0.0410. The second kappa shape index (κ2) is 11.7. The second-order valence-electron chi connectivity index (χ2n) is 8.21. The fraction of sp³-hybridized carbons (Fsp3) is 0.179. The van der Waals surface area contributed by atoms with Gasteiger partial charge in [0.2, 0.25) is 5.91 Å². The first-order chi connectivity index (χ1) is 17.5. The van der Waals surface area contributed by atoms with Crippen LogP contribution in [0.25, 0.3) is 0 Å². The standard InChI is InChI=1S/C28H28N4O4/c1-35-24-12-5-20(6-13-24)7-16-27(33)30-22-8-3-21(4-9-22)17-32-18-26(29-19-32)28(34)31-23-10-14-25(36-2)15-11-23/h3-6,8-15,18-19H,7,16-17H2,1-2H3,(H,30,33)(H,31,34). The molecule has 0 aliphatic heterocycles. The van der Waals surface area contributed by atoms with Crippen molar-refractivity contribution in [2.24, 2.45) is 0 Å². The highest BCUT2D eigenvalue weighted by atomic mass is 16.5. The number of imidazole rings is 1. The lowest BCUT2D eigenvalue weighted by atomic mass is 10.1. The minimum Gasteiger partial charge on any atom is -0.497 e. The molecule has 8 nitrogen and oxygen atoms in total. The summed E-state index contributed by atoms with van der Waals surface area (Å²) in [6, 6.07) is 22.4. The van der Waals surface area contributed by atoms with Gasteiger partial charge in [-0.3, -0.25) is 9.59 Å². The Balaban J connectivity index is 1.26. The highest BCUT2D eigenvalue weighted by molar-refractivity contribution is 6.02. The maximum Gasteiger partial charge on any atom is 0.275 e. The molecule has 0 aliphatic carbocycles. The maximum atomic E-state index is 12.5. The molecule has 36 heavy (non-hydrogen) atoms. The van der Waals surface area contributed by atoms with Crippen LogP contribution in [0, 0.1) is 0 Å². The Bertz CT molecular complexity index is 1300. The molecule has 2 amide bonds. The number of carbonyl (C=O) groups is 2. The number of aromatic nitrogens is 2. The van der Waals surface area contributed by atoms with Gasteiger partial charge in [0.15, 0.2) is 0 Å². The van der Waals surface area contributed by atoms with Crippen LogP contribution in [0.5, 0.6) is 11.5 Å². The molecule has 2 N–H and O–H groups in total. The van der Waals surface area contributed by atoms with Gasteiger partial charge in [0, 0.05) is 30.5 Å². The summed E-state index contributed by atoms with van der Waals surface area (Å²) in [5, 5.41) is 5.75. The number of carbonyl (C=O) groups excluding carboxylic acids is 2. The first-order valence-corrected chi connectivity index (χ1v) is 11.5. The van der Waals surface area contributed by atoms with Crippen LogP contribution >= 0.6 is 0 Å². The molecule has 0 fully saturated rings. The van der Waals surface area contributed by atoms with Crippen molar-refractivity contribution in [3.63, 3.8) is 0 Å². The summed E-state index contributed by atoms with van der Waals surface area (Å²) in [5.41, 5.74) is 3.83. The number of amides is 2. The van der Waals surface area contributed by atoms with E-state index in [0.29, 0.717) is 30.8 Å². The molecule has 1 aromatic heterocycles. The number of nitrogens with zero attached hydrogens (tertiary/aromatic N) is 2. The number of aryl methyl sites for hydroxylation is 1. The summed E-state index contributed by atoms with van der Waals surface area (Å²) in [7, 11) is 3.22. The van der Waals surface area contributed by atoms with Gasteiger partial charge in [0.05, 0.1) is 20.5 Å². The Morgan fingerprint density at radius 3 is 1.97 bits per heavy atom. The van der Waals surface area contributed by atoms with E-state index in [2.05, 4.69) is 15.6 Å². The van der Waals surface area contributed by atoms with Gasteiger partial charge in [-0.2, -0.15) is 0 Å². The van der Waals surface area contributed by atoms with E-state index < -0.39 is 0 Å². The molecule has 4 rings (SSSR count). The third-order valence-electron chi connectivity index (χ3n) is 5.62. The zero-order chi connectivity index (χ0) is 25.3. The van der Waals surface area contributed by atoms with Crippen LogP contribution in [0.3, 0.4) is 0 Å². The second-order valence-corrected chi connectivity index (χ2v) is 8.21. The fourth-order valence-electron chi connectivity index (χ4n) is 3.61. The zero-order valence-electron chi connectivity index (χ0n) is 20.2. The largest absolute Gasteiger partial charge is 0.497 e. The number of hydrogen-bond donors (Lipinski definition) is 2. The number of benzene rings is 3. The molecule has 3 aromatic carbocycles. The molecule has 0 aliphatic rings. The quantitative estimate of drug-likeness (QED) is 0.338. The number of nitrogens with one attached hydrogen (secondary N) is 2. The van der Waals surface area contributed by atoms with Crippen molar-refractivity contribution in [1.29, 1.82) is 0 Å². The molecule has 0 spiro atoms. The van der Waals surface area contributed by atoms with Crippen LogP contribution in [-0.4, -0.2) is 35.6 Å². The smallest absolute Gasteiger partial charge is 0.275 e. The van der Waals surface area contributed by atoms with Gasteiger partial charge in [0.25, 0.3) is 5.91 Å². The molecule has 0 radical (unpaired) electrons. The molecule has 1 heterocycles. The Kier molecular flexibility index (Phi) is 7.97. The van der Waals surface area contributed by atoms with Crippen LogP contribution in [0.4, 0.5) is 11.4 Å². The third-order valence-corrected chi connectivity index (χ3v) is 5.62. The van der Waals surface area contributed by atoms with E-state index in [0.717, 1.165) is 28.3 Å². The highest BCUT2D eigenvalue weighted by Gasteiger charge is 2.10. The van der Waals surface area contributed by atoms with Crippen LogP contribution < -0.4 is 20.1 Å². The van der Waals surface area contributed by atoms with Crippen molar-refractivity contribution in [2.75, 3.05) is 24.9 Å². The average molecular weight is 485 g/mol. The lowest BCUT2D eigenvalue weighted by molar-refractivity contribution is -0.116. The summed E-state index contributed by atoms with van der Waals surface area (Å²) < 4.78 is 12.1. The first kappa shape index (κ1) is 24.5. The summed E-state index contributed by atoms with van der Waals surface area (Å²) in [6.07, 6.45) is 4.37. The van der Waals surface area contributed by atoms with Crippen molar-refractivity contribution in [1.82, 2.24) is 9.55 Å². The van der Waals surface area contributed by atoms with Gasteiger partial charge < -0.3 is 24.7 Å². The van der Waals surface area contributed by atoms with E-state index in [1.807, 2.05) is 53.1 Å². The molecular formula is C28H28N4O4. The molecule has 0 bridgehead atoms. The van der Waals surface area contributed by atoms with E-state index in [-0.39, 0.29) is 11.8 Å². The predicted octanol–water partition coefficient (Wildman–Crippen LogP) is 4.77. The molecule has 0 saturated heterocycles.